The summed E-state index contributed by atoms with van der Waals surface area (Å²) < 4.78 is 14.2. The lowest BCUT2D eigenvalue weighted by Gasteiger charge is -2.15. The van der Waals surface area contributed by atoms with E-state index in [0.717, 1.165) is 19.2 Å². The molecule has 0 radical (unpaired) electrons. The number of aliphatic hydroxyl groups is 1. The Kier molecular flexibility index (Phi) is 5.33. The van der Waals surface area contributed by atoms with Crippen LogP contribution in [0.25, 0.3) is 0 Å². The number of carbonyl (C=O) groups excluding carboxylic acids is 2. The monoisotopic (exact) mass is 284 g/mol. The average Bonchev–Trinajstić information content (AvgIpc) is 2.45. The molecule has 1 atom stereocenters. The van der Waals surface area contributed by atoms with E-state index in [1.165, 1.54) is 7.11 Å². The van der Waals surface area contributed by atoms with E-state index in [2.05, 4.69) is 4.74 Å². The van der Waals surface area contributed by atoms with Crippen molar-refractivity contribution in [2.45, 2.75) is 13.0 Å². The summed E-state index contributed by atoms with van der Waals surface area (Å²) in [6.07, 6.45) is -1.63. The minimum Gasteiger partial charge on any atom is -0.507 e. The number of carbonyl (C=O) groups is 2. The lowest BCUT2D eigenvalue weighted by molar-refractivity contribution is -0.153. The highest BCUT2D eigenvalue weighted by atomic mass is 16.5. The number of aliphatic hydroxyl groups excluding tert-OH is 1. The van der Waals surface area contributed by atoms with Gasteiger partial charge >= 0.3 is 11.9 Å². The van der Waals surface area contributed by atoms with Crippen LogP contribution in [0.5, 0.6) is 11.5 Å². The molecule has 0 bridgehead atoms. The number of hydrogen-bond acceptors (Lipinski definition) is 7. The molecule has 2 N–H and O–H groups in total. The normalized spacial score (nSPS) is 11.6. The Labute approximate surface area is 115 Å². The van der Waals surface area contributed by atoms with Crippen molar-refractivity contribution in [3.05, 3.63) is 23.3 Å². The Morgan fingerprint density at radius 1 is 1.30 bits per heavy atom. The van der Waals surface area contributed by atoms with Crippen LogP contribution in [-0.4, -0.2) is 43.0 Å². The molecule has 1 aromatic carbocycles. The molecule has 20 heavy (non-hydrogen) atoms. The van der Waals surface area contributed by atoms with E-state index in [1.807, 2.05) is 0 Å². The van der Waals surface area contributed by atoms with Crippen molar-refractivity contribution in [1.29, 1.82) is 0 Å². The first-order valence-corrected chi connectivity index (χ1v) is 5.80. The molecule has 0 aliphatic rings. The number of aromatic hydroxyl groups is 1. The van der Waals surface area contributed by atoms with Gasteiger partial charge in [0.15, 0.2) is 6.10 Å². The summed E-state index contributed by atoms with van der Waals surface area (Å²) in [6.45, 7) is 1.69. The summed E-state index contributed by atoms with van der Waals surface area (Å²) in [5, 5.41) is 19.6. The molecule has 0 heterocycles. The fourth-order valence-corrected chi connectivity index (χ4v) is 1.60. The van der Waals surface area contributed by atoms with Crippen molar-refractivity contribution in [2.75, 3.05) is 20.8 Å². The topological polar surface area (TPSA) is 102 Å². The van der Waals surface area contributed by atoms with Crippen LogP contribution in [0.4, 0.5) is 0 Å². The highest BCUT2D eigenvalue weighted by Gasteiger charge is 2.26. The lowest BCUT2D eigenvalue weighted by Crippen LogP contribution is -2.17. The fraction of sp³-hybridized carbons (Fsp3) is 0.385. The minimum absolute atomic E-state index is 0.00384. The smallest absolute Gasteiger partial charge is 0.341 e. The molecule has 0 aromatic heterocycles. The second-order valence-corrected chi connectivity index (χ2v) is 3.76. The predicted molar refractivity (Wildman–Crippen MR) is 67.6 cm³/mol. The van der Waals surface area contributed by atoms with Crippen LogP contribution in [0.2, 0.25) is 0 Å². The molecule has 0 aliphatic heterocycles. The molecule has 110 valence electrons. The van der Waals surface area contributed by atoms with E-state index in [4.69, 9.17) is 9.47 Å². The summed E-state index contributed by atoms with van der Waals surface area (Å²) in [5.74, 6) is -2.01. The molecular formula is C13H16O7. The Morgan fingerprint density at radius 3 is 2.45 bits per heavy atom. The highest BCUT2D eigenvalue weighted by Crippen LogP contribution is 2.33. The van der Waals surface area contributed by atoms with E-state index >= 15 is 0 Å². The van der Waals surface area contributed by atoms with Crippen LogP contribution in [0, 0.1) is 0 Å². The summed E-state index contributed by atoms with van der Waals surface area (Å²) in [7, 11) is 2.45. The van der Waals surface area contributed by atoms with Gasteiger partial charge in [0.05, 0.1) is 20.8 Å². The molecular weight excluding hydrogens is 268 g/mol. The van der Waals surface area contributed by atoms with Crippen LogP contribution in [0.3, 0.4) is 0 Å². The molecule has 1 rings (SSSR count). The first-order valence-electron chi connectivity index (χ1n) is 5.80. The molecule has 0 amide bonds. The van der Waals surface area contributed by atoms with Gasteiger partial charge in [-0.05, 0) is 13.0 Å². The zero-order chi connectivity index (χ0) is 15.3. The Hall–Kier alpha value is -2.28. The Bertz CT molecular complexity index is 510. The zero-order valence-corrected chi connectivity index (χ0v) is 11.4. The molecule has 0 saturated heterocycles. The number of hydrogen-bond donors (Lipinski definition) is 2. The second-order valence-electron chi connectivity index (χ2n) is 3.76. The van der Waals surface area contributed by atoms with Crippen molar-refractivity contribution in [2.24, 2.45) is 0 Å². The van der Waals surface area contributed by atoms with Crippen molar-refractivity contribution in [3.8, 4) is 11.5 Å². The minimum atomic E-state index is -1.63. The van der Waals surface area contributed by atoms with Gasteiger partial charge < -0.3 is 24.4 Å². The lowest BCUT2D eigenvalue weighted by atomic mass is 10.0. The number of rotatable bonds is 5. The van der Waals surface area contributed by atoms with Crippen LogP contribution in [-0.2, 0) is 14.3 Å². The maximum atomic E-state index is 11.5. The standard InChI is InChI=1S/C13H16O7/c1-4-20-13(17)11(15)8-5-7(12(16)19-3)9(14)6-10(8)18-2/h5-6,11,14-15H,4H2,1-3H3. The molecule has 1 aromatic rings. The third-order valence-corrected chi connectivity index (χ3v) is 2.56. The highest BCUT2D eigenvalue weighted by molar-refractivity contribution is 5.93. The predicted octanol–water partition coefficient (Wildman–Crippen LogP) is 0.784. The van der Waals surface area contributed by atoms with Gasteiger partial charge in [-0.15, -0.1) is 0 Å². The van der Waals surface area contributed by atoms with Gasteiger partial charge in [-0.1, -0.05) is 0 Å². The quantitative estimate of drug-likeness (QED) is 0.770. The van der Waals surface area contributed by atoms with Gasteiger partial charge in [-0.3, -0.25) is 0 Å². The molecule has 0 aliphatic carbocycles. The van der Waals surface area contributed by atoms with Crippen LogP contribution in [0.1, 0.15) is 28.9 Å². The third kappa shape index (κ3) is 3.18. The van der Waals surface area contributed by atoms with Crippen molar-refractivity contribution in [1.82, 2.24) is 0 Å². The summed E-state index contributed by atoms with van der Waals surface area (Å²) >= 11 is 0. The van der Waals surface area contributed by atoms with E-state index in [9.17, 15) is 19.8 Å². The average molecular weight is 284 g/mol. The number of methoxy groups -OCH3 is 2. The van der Waals surface area contributed by atoms with Gasteiger partial charge in [0.2, 0.25) is 0 Å². The van der Waals surface area contributed by atoms with E-state index < -0.39 is 18.0 Å². The van der Waals surface area contributed by atoms with Gasteiger partial charge in [-0.2, -0.15) is 0 Å². The number of benzene rings is 1. The number of ether oxygens (including phenoxy) is 3. The zero-order valence-electron chi connectivity index (χ0n) is 11.4. The first kappa shape index (κ1) is 15.8. The third-order valence-electron chi connectivity index (χ3n) is 2.56. The molecule has 7 nitrogen and oxygen atoms in total. The number of phenolic OH excluding ortho intramolecular Hbond substituents is 1. The van der Waals surface area contributed by atoms with E-state index in [-0.39, 0.29) is 29.2 Å². The Morgan fingerprint density at radius 2 is 1.95 bits per heavy atom. The Balaban J connectivity index is 3.29. The van der Waals surface area contributed by atoms with Crippen LogP contribution >= 0.6 is 0 Å². The van der Waals surface area contributed by atoms with E-state index in [1.54, 1.807) is 6.92 Å². The van der Waals surface area contributed by atoms with E-state index in [0.29, 0.717) is 0 Å². The molecule has 7 heteroatoms. The fourth-order valence-electron chi connectivity index (χ4n) is 1.60. The maximum Gasteiger partial charge on any atom is 0.341 e. The summed E-state index contributed by atoms with van der Waals surface area (Å²) in [6, 6.07) is 2.24. The largest absolute Gasteiger partial charge is 0.507 e. The van der Waals surface area contributed by atoms with Crippen molar-refractivity contribution in [3.63, 3.8) is 0 Å². The summed E-state index contributed by atoms with van der Waals surface area (Å²) in [5.41, 5.74) is -0.184. The molecule has 0 saturated carbocycles. The van der Waals surface area contributed by atoms with Crippen molar-refractivity contribution < 1.29 is 34.0 Å². The van der Waals surface area contributed by atoms with Crippen LogP contribution < -0.4 is 4.74 Å². The van der Waals surface area contributed by atoms with Crippen LogP contribution in [0.15, 0.2) is 12.1 Å². The molecule has 0 fully saturated rings. The summed E-state index contributed by atoms with van der Waals surface area (Å²) in [4.78, 5) is 23.0. The number of esters is 2. The van der Waals surface area contributed by atoms with Gasteiger partial charge in [0.1, 0.15) is 17.1 Å². The number of phenols is 1. The first-order chi connectivity index (χ1) is 9.46. The van der Waals surface area contributed by atoms with Gasteiger partial charge in [0, 0.05) is 11.6 Å². The van der Waals surface area contributed by atoms with Crippen molar-refractivity contribution >= 4 is 11.9 Å². The van der Waals surface area contributed by atoms with Gasteiger partial charge in [-0.25, -0.2) is 9.59 Å². The maximum absolute atomic E-state index is 11.5. The van der Waals surface area contributed by atoms with Gasteiger partial charge in [0.25, 0.3) is 0 Å². The second kappa shape index (κ2) is 6.76. The SMILES string of the molecule is CCOC(=O)C(O)c1cc(C(=O)OC)c(O)cc1OC. The molecule has 0 spiro atoms. The molecule has 1 unspecified atom stereocenters.